The van der Waals surface area contributed by atoms with E-state index in [1.807, 2.05) is 6.92 Å². The van der Waals surface area contributed by atoms with Crippen molar-refractivity contribution in [3.8, 4) is 5.75 Å². The second-order valence-corrected chi connectivity index (χ2v) is 4.18. The van der Waals surface area contributed by atoms with Crippen molar-refractivity contribution in [1.82, 2.24) is 10.1 Å². The van der Waals surface area contributed by atoms with E-state index in [4.69, 9.17) is 14.0 Å². The number of hydrogen-bond donors (Lipinski definition) is 0. The smallest absolute Gasteiger partial charge is 0.267 e. The van der Waals surface area contributed by atoms with E-state index in [9.17, 15) is 4.39 Å². The Bertz CT molecular complexity index is 557. The molecule has 2 aromatic rings. The molecule has 0 radical (unpaired) electrons. The zero-order chi connectivity index (χ0) is 13.8. The Morgan fingerprint density at radius 2 is 2.21 bits per heavy atom. The molecule has 0 aliphatic heterocycles. The van der Waals surface area contributed by atoms with Crippen LogP contribution in [0.1, 0.15) is 30.3 Å². The van der Waals surface area contributed by atoms with E-state index in [-0.39, 0.29) is 18.2 Å². The van der Waals surface area contributed by atoms with Crippen molar-refractivity contribution in [2.24, 2.45) is 0 Å². The van der Waals surface area contributed by atoms with Gasteiger partial charge in [-0.15, -0.1) is 0 Å². The van der Waals surface area contributed by atoms with Crippen LogP contribution in [0.2, 0.25) is 0 Å². The Hall–Kier alpha value is -1.95. The van der Waals surface area contributed by atoms with Gasteiger partial charge in [0.05, 0.1) is 0 Å². The summed E-state index contributed by atoms with van der Waals surface area (Å²) in [7, 11) is 1.54. The summed E-state index contributed by atoms with van der Waals surface area (Å²) in [5, 5.41) is 3.72. The number of aromatic nitrogens is 2. The molecule has 0 saturated carbocycles. The Morgan fingerprint density at radius 3 is 2.95 bits per heavy atom. The molecule has 5 nitrogen and oxygen atoms in total. The SMILES string of the molecule is COCc1noc(C(C)Oc2cc(C)ccc2F)n1. The van der Waals surface area contributed by atoms with Crippen LogP contribution in [-0.2, 0) is 11.3 Å². The molecule has 0 saturated heterocycles. The standard InChI is InChI=1S/C13H15FN2O3/c1-8-4-5-10(14)11(6-8)18-9(2)13-15-12(7-17-3)16-19-13/h4-6,9H,7H2,1-3H3. The van der Waals surface area contributed by atoms with Crippen LogP contribution in [0, 0.1) is 12.7 Å². The highest BCUT2D eigenvalue weighted by molar-refractivity contribution is 5.29. The summed E-state index contributed by atoms with van der Waals surface area (Å²) in [5.74, 6) is 0.457. The van der Waals surface area contributed by atoms with Crippen LogP contribution in [0.4, 0.5) is 4.39 Å². The van der Waals surface area contributed by atoms with Crippen molar-refractivity contribution in [3.63, 3.8) is 0 Å². The van der Waals surface area contributed by atoms with Gasteiger partial charge in [-0.2, -0.15) is 4.98 Å². The lowest BCUT2D eigenvalue weighted by molar-refractivity contribution is 0.165. The predicted octanol–water partition coefficient (Wildman–Crippen LogP) is 2.80. The summed E-state index contributed by atoms with van der Waals surface area (Å²) < 4.78 is 29.0. The van der Waals surface area contributed by atoms with E-state index in [0.717, 1.165) is 5.56 Å². The summed E-state index contributed by atoms with van der Waals surface area (Å²) in [4.78, 5) is 4.10. The van der Waals surface area contributed by atoms with Crippen molar-refractivity contribution in [1.29, 1.82) is 0 Å². The number of rotatable bonds is 5. The molecule has 1 aromatic carbocycles. The highest BCUT2D eigenvalue weighted by atomic mass is 19.1. The van der Waals surface area contributed by atoms with Crippen molar-refractivity contribution >= 4 is 0 Å². The molecule has 102 valence electrons. The van der Waals surface area contributed by atoms with E-state index < -0.39 is 11.9 Å². The molecule has 0 N–H and O–H groups in total. The lowest BCUT2D eigenvalue weighted by Gasteiger charge is -2.11. The highest BCUT2D eigenvalue weighted by Gasteiger charge is 2.17. The zero-order valence-corrected chi connectivity index (χ0v) is 11.0. The minimum Gasteiger partial charge on any atom is -0.478 e. The van der Waals surface area contributed by atoms with Gasteiger partial charge in [0.1, 0.15) is 6.61 Å². The molecule has 6 heteroatoms. The van der Waals surface area contributed by atoms with E-state index in [2.05, 4.69) is 10.1 Å². The van der Waals surface area contributed by atoms with Crippen LogP contribution < -0.4 is 4.74 Å². The van der Waals surface area contributed by atoms with Gasteiger partial charge >= 0.3 is 0 Å². The summed E-state index contributed by atoms with van der Waals surface area (Å²) >= 11 is 0. The maximum absolute atomic E-state index is 13.6. The number of benzene rings is 1. The summed E-state index contributed by atoms with van der Waals surface area (Å²) in [5.41, 5.74) is 0.911. The Morgan fingerprint density at radius 1 is 1.42 bits per heavy atom. The van der Waals surface area contributed by atoms with Crippen molar-refractivity contribution in [3.05, 3.63) is 41.3 Å². The van der Waals surface area contributed by atoms with Gasteiger partial charge in [0, 0.05) is 7.11 Å². The normalized spacial score (nSPS) is 12.4. The first-order valence-corrected chi connectivity index (χ1v) is 5.84. The van der Waals surface area contributed by atoms with Crippen molar-refractivity contribution in [2.75, 3.05) is 7.11 Å². The molecule has 0 bridgehead atoms. The lowest BCUT2D eigenvalue weighted by Crippen LogP contribution is -2.05. The van der Waals surface area contributed by atoms with Crippen LogP contribution >= 0.6 is 0 Å². The molecule has 1 aromatic heterocycles. The average Bonchev–Trinajstić information content (AvgIpc) is 2.83. The van der Waals surface area contributed by atoms with Crippen molar-refractivity contribution in [2.45, 2.75) is 26.6 Å². The molecule has 1 heterocycles. The van der Waals surface area contributed by atoms with Gasteiger partial charge in [-0.05, 0) is 31.5 Å². The number of ether oxygens (including phenoxy) is 2. The third-order valence-corrected chi connectivity index (χ3v) is 2.50. The number of aryl methyl sites for hydroxylation is 1. The minimum absolute atomic E-state index is 0.166. The third-order valence-electron chi connectivity index (χ3n) is 2.50. The summed E-state index contributed by atoms with van der Waals surface area (Å²) in [6, 6.07) is 4.66. The van der Waals surface area contributed by atoms with Gasteiger partial charge in [0.15, 0.2) is 23.5 Å². The van der Waals surface area contributed by atoms with Crippen LogP contribution in [0.5, 0.6) is 5.75 Å². The second-order valence-electron chi connectivity index (χ2n) is 4.18. The van der Waals surface area contributed by atoms with Crippen LogP contribution in [0.15, 0.2) is 22.7 Å². The molecule has 0 fully saturated rings. The minimum atomic E-state index is -0.533. The van der Waals surface area contributed by atoms with Crippen LogP contribution in [-0.4, -0.2) is 17.3 Å². The number of methoxy groups -OCH3 is 1. The van der Waals surface area contributed by atoms with E-state index in [1.165, 1.54) is 13.2 Å². The fourth-order valence-corrected chi connectivity index (χ4v) is 1.56. The summed E-state index contributed by atoms with van der Waals surface area (Å²) in [6.07, 6.45) is -0.533. The van der Waals surface area contributed by atoms with E-state index in [1.54, 1.807) is 19.1 Å². The largest absolute Gasteiger partial charge is 0.478 e. The Balaban J connectivity index is 2.11. The van der Waals surface area contributed by atoms with Crippen molar-refractivity contribution < 1.29 is 18.4 Å². The first kappa shape index (κ1) is 13.5. The molecule has 2 rings (SSSR count). The maximum atomic E-state index is 13.6. The molecular weight excluding hydrogens is 251 g/mol. The molecule has 0 spiro atoms. The first-order chi connectivity index (χ1) is 9.10. The molecule has 19 heavy (non-hydrogen) atoms. The third kappa shape index (κ3) is 3.29. The number of nitrogens with zero attached hydrogens (tertiary/aromatic N) is 2. The molecule has 0 aliphatic carbocycles. The van der Waals surface area contributed by atoms with Gasteiger partial charge in [0.25, 0.3) is 5.89 Å². The first-order valence-electron chi connectivity index (χ1n) is 5.84. The quantitative estimate of drug-likeness (QED) is 0.832. The van der Waals surface area contributed by atoms with Gasteiger partial charge in [0.2, 0.25) is 0 Å². The molecule has 1 unspecified atom stereocenters. The maximum Gasteiger partial charge on any atom is 0.267 e. The van der Waals surface area contributed by atoms with E-state index >= 15 is 0 Å². The Labute approximate surface area is 110 Å². The topological polar surface area (TPSA) is 57.4 Å². The predicted molar refractivity (Wildman–Crippen MR) is 65.2 cm³/mol. The fraction of sp³-hybridized carbons (Fsp3) is 0.385. The van der Waals surface area contributed by atoms with Gasteiger partial charge in [-0.3, -0.25) is 0 Å². The zero-order valence-electron chi connectivity index (χ0n) is 11.0. The van der Waals surface area contributed by atoms with Crippen LogP contribution in [0.25, 0.3) is 0 Å². The van der Waals surface area contributed by atoms with Gasteiger partial charge < -0.3 is 14.0 Å². The molecular formula is C13H15FN2O3. The summed E-state index contributed by atoms with van der Waals surface area (Å²) in [6.45, 7) is 3.83. The molecule has 1 atom stereocenters. The lowest BCUT2D eigenvalue weighted by atomic mass is 10.2. The fourth-order valence-electron chi connectivity index (χ4n) is 1.56. The highest BCUT2D eigenvalue weighted by Crippen LogP contribution is 2.24. The monoisotopic (exact) mass is 266 g/mol. The van der Waals surface area contributed by atoms with Crippen LogP contribution in [0.3, 0.4) is 0 Å². The molecule has 0 amide bonds. The number of halogens is 1. The van der Waals surface area contributed by atoms with Gasteiger partial charge in [-0.25, -0.2) is 4.39 Å². The molecule has 0 aliphatic rings. The average molecular weight is 266 g/mol. The Kier molecular flexibility index (Phi) is 4.11. The second kappa shape index (κ2) is 5.79. The number of hydrogen-bond acceptors (Lipinski definition) is 5. The van der Waals surface area contributed by atoms with Gasteiger partial charge in [-0.1, -0.05) is 11.2 Å². The van der Waals surface area contributed by atoms with E-state index in [0.29, 0.717) is 5.82 Å².